The molecule has 1 aromatic carbocycles. The molecule has 5 nitrogen and oxygen atoms in total. The van der Waals surface area contributed by atoms with Crippen molar-refractivity contribution >= 4 is 5.69 Å². The Morgan fingerprint density at radius 1 is 1.19 bits per heavy atom. The Bertz CT molecular complexity index is 408. The number of rotatable bonds is 3. The van der Waals surface area contributed by atoms with E-state index in [1.165, 1.54) is 31.5 Å². The summed E-state index contributed by atoms with van der Waals surface area (Å²) in [6.45, 7) is 6.86. The van der Waals surface area contributed by atoms with Gasteiger partial charge < -0.3 is 26.3 Å². The maximum Gasteiger partial charge on any atom is 2.00 e. The number of likely N-dealkylation sites (tertiary alicyclic amines) is 1. The maximum atomic E-state index is 5.90. The van der Waals surface area contributed by atoms with Crippen molar-refractivity contribution in [1.82, 2.24) is 4.90 Å². The second-order valence-corrected chi connectivity index (χ2v) is 5.41. The van der Waals surface area contributed by atoms with E-state index in [0.717, 1.165) is 11.4 Å². The SMILES string of the molecule is COc1ccc(N)cc1C1CCN(C(C)C)CC1.[OH-].[OH-].[Pd+2]. The minimum absolute atomic E-state index is 0. The van der Waals surface area contributed by atoms with Crippen LogP contribution in [0.3, 0.4) is 0 Å². The van der Waals surface area contributed by atoms with Crippen LogP contribution in [0.1, 0.15) is 38.2 Å². The van der Waals surface area contributed by atoms with Crippen LogP contribution in [0.15, 0.2) is 18.2 Å². The van der Waals surface area contributed by atoms with E-state index in [9.17, 15) is 0 Å². The van der Waals surface area contributed by atoms with Crippen molar-refractivity contribution in [1.29, 1.82) is 0 Å². The predicted octanol–water partition coefficient (Wildman–Crippen LogP) is 2.51. The first-order valence-corrected chi connectivity index (χ1v) is 6.79. The zero-order chi connectivity index (χ0) is 13.1. The van der Waals surface area contributed by atoms with Crippen LogP contribution in [0.4, 0.5) is 5.69 Å². The van der Waals surface area contributed by atoms with E-state index < -0.39 is 0 Å². The molecule has 0 bridgehead atoms. The van der Waals surface area contributed by atoms with Crippen LogP contribution in [-0.2, 0) is 20.4 Å². The fourth-order valence-corrected chi connectivity index (χ4v) is 2.80. The van der Waals surface area contributed by atoms with Gasteiger partial charge in [0.2, 0.25) is 0 Å². The van der Waals surface area contributed by atoms with Gasteiger partial charge in [-0.15, -0.1) is 0 Å². The van der Waals surface area contributed by atoms with Crippen molar-refractivity contribution in [2.45, 2.75) is 38.6 Å². The van der Waals surface area contributed by atoms with Gasteiger partial charge in [-0.1, -0.05) is 0 Å². The standard InChI is InChI=1S/C15H24N2O.2H2O.Pd/c1-11(2)17-8-6-12(7-9-17)14-10-13(16)4-5-15(14)18-3;;;/h4-5,10-12H,6-9,16H2,1-3H3;2*1H2;/q;;;+2/p-2. The van der Waals surface area contributed by atoms with Gasteiger partial charge >= 0.3 is 20.4 Å². The molecule has 0 unspecified atom stereocenters. The van der Waals surface area contributed by atoms with E-state index >= 15 is 0 Å². The molecule has 1 fully saturated rings. The molecule has 21 heavy (non-hydrogen) atoms. The molecule has 2 rings (SSSR count). The molecule has 0 radical (unpaired) electrons. The van der Waals surface area contributed by atoms with Gasteiger partial charge in [0.15, 0.2) is 0 Å². The van der Waals surface area contributed by atoms with E-state index in [1.54, 1.807) is 7.11 Å². The molecule has 124 valence electrons. The van der Waals surface area contributed by atoms with Crippen LogP contribution in [0.25, 0.3) is 0 Å². The van der Waals surface area contributed by atoms with Crippen molar-refractivity contribution in [2.24, 2.45) is 0 Å². The topological polar surface area (TPSA) is 98.5 Å². The molecule has 1 aliphatic heterocycles. The summed E-state index contributed by atoms with van der Waals surface area (Å²) in [6, 6.07) is 6.62. The molecule has 0 saturated carbocycles. The Morgan fingerprint density at radius 2 is 1.76 bits per heavy atom. The summed E-state index contributed by atoms with van der Waals surface area (Å²) in [6.07, 6.45) is 2.38. The molecule has 0 aliphatic carbocycles. The number of hydrogen-bond donors (Lipinski definition) is 1. The number of piperidine rings is 1. The zero-order valence-electron chi connectivity index (χ0n) is 12.9. The Morgan fingerprint density at radius 3 is 2.24 bits per heavy atom. The number of anilines is 1. The van der Waals surface area contributed by atoms with Gasteiger partial charge in [0.1, 0.15) is 5.75 Å². The number of nitrogens with two attached hydrogens (primary N) is 1. The molecule has 1 heterocycles. The average Bonchev–Trinajstić information content (AvgIpc) is 2.39. The van der Waals surface area contributed by atoms with Gasteiger partial charge in [0.25, 0.3) is 0 Å². The normalized spacial score (nSPS) is 15.6. The molecular formula is C15H26N2O3Pd. The average molecular weight is 389 g/mol. The summed E-state index contributed by atoms with van der Waals surface area (Å²) in [7, 11) is 1.73. The Balaban J connectivity index is 0. The van der Waals surface area contributed by atoms with Crippen LogP contribution < -0.4 is 10.5 Å². The molecule has 0 amide bonds. The number of ether oxygens (including phenoxy) is 1. The van der Waals surface area contributed by atoms with Gasteiger partial charge in [0.05, 0.1) is 7.11 Å². The summed E-state index contributed by atoms with van der Waals surface area (Å²) >= 11 is 0. The molecule has 0 atom stereocenters. The third kappa shape index (κ3) is 5.57. The third-order valence-electron chi connectivity index (χ3n) is 3.95. The van der Waals surface area contributed by atoms with Crippen LogP contribution in [-0.4, -0.2) is 42.1 Å². The quantitative estimate of drug-likeness (QED) is 0.633. The zero-order valence-corrected chi connectivity index (χ0v) is 14.4. The summed E-state index contributed by atoms with van der Waals surface area (Å²) in [5, 5.41) is 0. The fourth-order valence-electron chi connectivity index (χ4n) is 2.80. The molecule has 0 spiro atoms. The smallest absolute Gasteiger partial charge is 0.870 e. The third-order valence-corrected chi connectivity index (χ3v) is 3.95. The molecule has 6 heteroatoms. The molecule has 1 saturated heterocycles. The van der Waals surface area contributed by atoms with Crippen molar-refractivity contribution in [3.63, 3.8) is 0 Å². The van der Waals surface area contributed by atoms with Gasteiger partial charge in [-0.2, -0.15) is 0 Å². The molecule has 1 aliphatic rings. The van der Waals surface area contributed by atoms with Gasteiger partial charge in [-0.25, -0.2) is 0 Å². The summed E-state index contributed by atoms with van der Waals surface area (Å²) in [4.78, 5) is 2.54. The number of benzene rings is 1. The number of nitrogens with zero attached hydrogens (tertiary/aromatic N) is 1. The van der Waals surface area contributed by atoms with Crippen LogP contribution in [0, 0.1) is 0 Å². The van der Waals surface area contributed by atoms with Crippen LogP contribution >= 0.6 is 0 Å². The van der Waals surface area contributed by atoms with Crippen molar-refractivity contribution in [3.8, 4) is 5.75 Å². The first kappa shape index (κ1) is 22.6. The molecular weight excluding hydrogens is 363 g/mol. The summed E-state index contributed by atoms with van der Waals surface area (Å²) in [5.74, 6) is 1.56. The Kier molecular flexibility index (Phi) is 10.9. The molecule has 1 aromatic rings. The summed E-state index contributed by atoms with van der Waals surface area (Å²) < 4.78 is 5.46. The Labute approximate surface area is 141 Å². The minimum atomic E-state index is 0. The molecule has 0 aromatic heterocycles. The van der Waals surface area contributed by atoms with E-state index in [0.29, 0.717) is 12.0 Å². The first-order chi connectivity index (χ1) is 8.61. The second kappa shape index (κ2) is 10.1. The largest absolute Gasteiger partial charge is 2.00 e. The van der Waals surface area contributed by atoms with Crippen molar-refractivity contribution in [2.75, 3.05) is 25.9 Å². The molecule has 4 N–H and O–H groups in total. The van der Waals surface area contributed by atoms with E-state index in [2.05, 4.69) is 24.8 Å². The first-order valence-electron chi connectivity index (χ1n) is 6.79. The number of hydrogen-bond acceptors (Lipinski definition) is 5. The van der Waals surface area contributed by atoms with Crippen LogP contribution in [0.2, 0.25) is 0 Å². The van der Waals surface area contributed by atoms with Crippen molar-refractivity contribution in [3.05, 3.63) is 23.8 Å². The van der Waals surface area contributed by atoms with E-state index in [4.69, 9.17) is 10.5 Å². The van der Waals surface area contributed by atoms with Gasteiger partial charge in [-0.3, -0.25) is 0 Å². The van der Waals surface area contributed by atoms with Crippen molar-refractivity contribution < 1.29 is 36.1 Å². The predicted molar refractivity (Wildman–Crippen MR) is 80.0 cm³/mol. The number of nitrogen functional groups attached to an aromatic ring is 1. The summed E-state index contributed by atoms with van der Waals surface area (Å²) in [5.41, 5.74) is 8.01. The second-order valence-electron chi connectivity index (χ2n) is 5.41. The van der Waals surface area contributed by atoms with Gasteiger partial charge in [0, 0.05) is 11.7 Å². The van der Waals surface area contributed by atoms with Gasteiger partial charge in [-0.05, 0) is 69.5 Å². The maximum absolute atomic E-state index is 5.90. The van der Waals surface area contributed by atoms with Crippen LogP contribution in [0.5, 0.6) is 5.75 Å². The minimum Gasteiger partial charge on any atom is -0.870 e. The Hall–Kier alpha value is -0.638. The fraction of sp³-hybridized carbons (Fsp3) is 0.600. The number of methoxy groups -OCH3 is 1. The van der Waals surface area contributed by atoms with E-state index in [1.807, 2.05) is 12.1 Å². The van der Waals surface area contributed by atoms with E-state index in [-0.39, 0.29) is 31.4 Å². The monoisotopic (exact) mass is 388 g/mol.